The first-order valence-electron chi connectivity index (χ1n) is 4.73. The van der Waals surface area contributed by atoms with Crippen LogP contribution >= 0.6 is 0 Å². The molecule has 2 nitrogen and oxygen atoms in total. The zero-order valence-corrected chi connectivity index (χ0v) is 8.72. The molecule has 1 aromatic rings. The van der Waals surface area contributed by atoms with Crippen LogP contribution in [0, 0.1) is 23.5 Å². The summed E-state index contributed by atoms with van der Waals surface area (Å²) in [5.74, 6) is 2.65. The minimum atomic E-state index is -0.739. The molecule has 84 valence electrons. The van der Waals surface area contributed by atoms with E-state index in [1.807, 2.05) is 0 Å². The van der Waals surface area contributed by atoms with Crippen LogP contribution in [0.1, 0.15) is 18.9 Å². The first kappa shape index (κ1) is 12.2. The van der Waals surface area contributed by atoms with Crippen LogP contribution in [0.2, 0.25) is 0 Å². The van der Waals surface area contributed by atoms with Gasteiger partial charge in [0, 0.05) is 0 Å². The van der Waals surface area contributed by atoms with Crippen molar-refractivity contribution in [3.63, 3.8) is 0 Å². The Kier molecular flexibility index (Phi) is 4.46. The van der Waals surface area contributed by atoms with E-state index in [0.29, 0.717) is 0 Å². The Hall–Kier alpha value is -1.89. The monoisotopic (exact) mass is 224 g/mol. The van der Waals surface area contributed by atoms with Crippen molar-refractivity contribution in [2.75, 3.05) is 6.61 Å². The van der Waals surface area contributed by atoms with Gasteiger partial charge in [-0.15, -0.1) is 0 Å². The van der Waals surface area contributed by atoms with Gasteiger partial charge in [0.1, 0.15) is 18.1 Å². The van der Waals surface area contributed by atoms with Crippen LogP contribution in [0.15, 0.2) is 18.2 Å². The summed E-state index contributed by atoms with van der Waals surface area (Å²) in [4.78, 5) is 10.9. The van der Waals surface area contributed by atoms with Gasteiger partial charge in [-0.2, -0.15) is 0 Å². The summed E-state index contributed by atoms with van der Waals surface area (Å²) in [6, 6.07) is 3.47. The summed E-state index contributed by atoms with van der Waals surface area (Å²) < 4.78 is 30.7. The molecule has 0 radical (unpaired) electrons. The third-order valence-electron chi connectivity index (χ3n) is 1.71. The quantitative estimate of drug-likeness (QED) is 0.569. The van der Waals surface area contributed by atoms with E-state index >= 15 is 0 Å². The molecule has 1 aromatic carbocycles. The second-order valence-corrected chi connectivity index (χ2v) is 2.88. The van der Waals surface area contributed by atoms with Crippen LogP contribution in [0.4, 0.5) is 8.78 Å². The van der Waals surface area contributed by atoms with Crippen molar-refractivity contribution in [2.45, 2.75) is 13.3 Å². The molecule has 0 amide bonds. The first-order chi connectivity index (χ1) is 7.65. The standard InChI is InChI=1S/C12H10F2O2/c1-2-16-12(15)8-3-5-9-10(13)6-4-7-11(9)14/h4,6-7H,2,8H2,1H3. The lowest BCUT2D eigenvalue weighted by Crippen LogP contribution is -2.01. The fourth-order valence-corrected chi connectivity index (χ4v) is 1.03. The second kappa shape index (κ2) is 5.86. The molecule has 0 aliphatic rings. The maximum absolute atomic E-state index is 13.1. The topological polar surface area (TPSA) is 26.3 Å². The molecule has 0 saturated heterocycles. The van der Waals surface area contributed by atoms with Crippen molar-refractivity contribution >= 4 is 5.97 Å². The Labute approximate surface area is 92.2 Å². The predicted molar refractivity (Wildman–Crippen MR) is 54.5 cm³/mol. The van der Waals surface area contributed by atoms with Gasteiger partial charge in [0.25, 0.3) is 0 Å². The highest BCUT2D eigenvalue weighted by Crippen LogP contribution is 2.09. The fourth-order valence-electron chi connectivity index (χ4n) is 1.03. The number of hydrogen-bond acceptors (Lipinski definition) is 2. The van der Waals surface area contributed by atoms with E-state index in [-0.39, 0.29) is 18.6 Å². The van der Waals surface area contributed by atoms with E-state index in [9.17, 15) is 13.6 Å². The number of halogens is 2. The molecule has 0 aromatic heterocycles. The van der Waals surface area contributed by atoms with Gasteiger partial charge in [-0.25, -0.2) is 8.78 Å². The second-order valence-electron chi connectivity index (χ2n) is 2.88. The van der Waals surface area contributed by atoms with E-state index in [2.05, 4.69) is 16.6 Å². The van der Waals surface area contributed by atoms with Crippen LogP contribution in [0.5, 0.6) is 0 Å². The molecule has 0 atom stereocenters. The van der Waals surface area contributed by atoms with Crippen molar-refractivity contribution in [2.24, 2.45) is 0 Å². The van der Waals surface area contributed by atoms with Gasteiger partial charge < -0.3 is 4.74 Å². The van der Waals surface area contributed by atoms with E-state index in [4.69, 9.17) is 0 Å². The van der Waals surface area contributed by atoms with Crippen molar-refractivity contribution < 1.29 is 18.3 Å². The molecule has 0 unspecified atom stereocenters. The number of benzene rings is 1. The van der Waals surface area contributed by atoms with Gasteiger partial charge in [0.15, 0.2) is 0 Å². The molecule has 0 fully saturated rings. The van der Waals surface area contributed by atoms with E-state index in [0.717, 1.165) is 12.1 Å². The summed E-state index contributed by atoms with van der Waals surface area (Å²) in [6.07, 6.45) is -0.179. The average molecular weight is 224 g/mol. The maximum atomic E-state index is 13.1. The van der Waals surface area contributed by atoms with E-state index < -0.39 is 17.6 Å². The van der Waals surface area contributed by atoms with Crippen LogP contribution in [-0.4, -0.2) is 12.6 Å². The molecular weight excluding hydrogens is 214 g/mol. The largest absolute Gasteiger partial charge is 0.465 e. The number of rotatable bonds is 2. The lowest BCUT2D eigenvalue weighted by atomic mass is 10.2. The van der Waals surface area contributed by atoms with Crippen molar-refractivity contribution in [1.82, 2.24) is 0 Å². The molecule has 0 bridgehead atoms. The molecular formula is C12H10F2O2. The van der Waals surface area contributed by atoms with Gasteiger partial charge in [0.05, 0.1) is 12.2 Å². The summed E-state index contributed by atoms with van der Waals surface area (Å²) in [7, 11) is 0. The molecule has 0 saturated carbocycles. The van der Waals surface area contributed by atoms with Crippen LogP contribution in [-0.2, 0) is 9.53 Å². The molecule has 0 aliphatic heterocycles. The zero-order chi connectivity index (χ0) is 12.0. The summed E-state index contributed by atoms with van der Waals surface area (Å²) in [5.41, 5.74) is -0.327. The molecule has 16 heavy (non-hydrogen) atoms. The lowest BCUT2D eigenvalue weighted by Gasteiger charge is -1.96. The Morgan fingerprint density at radius 3 is 2.56 bits per heavy atom. The van der Waals surface area contributed by atoms with Gasteiger partial charge in [0.2, 0.25) is 0 Å². The molecule has 0 heterocycles. The normalized spacial score (nSPS) is 9.19. The number of carbonyl (C=O) groups excluding carboxylic acids is 1. The minimum absolute atomic E-state index is 0.179. The Morgan fingerprint density at radius 1 is 1.38 bits per heavy atom. The van der Waals surface area contributed by atoms with Crippen molar-refractivity contribution in [3.05, 3.63) is 35.4 Å². The Balaban J connectivity index is 2.74. The predicted octanol–water partition coefficient (Wildman–Crippen LogP) is 2.27. The smallest absolute Gasteiger partial charge is 0.317 e. The van der Waals surface area contributed by atoms with E-state index in [1.165, 1.54) is 6.07 Å². The lowest BCUT2D eigenvalue weighted by molar-refractivity contribution is -0.141. The fraction of sp³-hybridized carbons (Fsp3) is 0.250. The summed E-state index contributed by atoms with van der Waals surface area (Å²) in [5, 5.41) is 0. The number of carbonyl (C=O) groups is 1. The minimum Gasteiger partial charge on any atom is -0.465 e. The van der Waals surface area contributed by atoms with Gasteiger partial charge in [-0.05, 0) is 19.1 Å². The number of hydrogen-bond donors (Lipinski definition) is 0. The third-order valence-corrected chi connectivity index (χ3v) is 1.71. The molecule has 1 rings (SSSR count). The third kappa shape index (κ3) is 3.35. The highest BCUT2D eigenvalue weighted by molar-refractivity contribution is 5.72. The van der Waals surface area contributed by atoms with Crippen molar-refractivity contribution in [1.29, 1.82) is 0 Å². The summed E-state index contributed by atoms with van der Waals surface area (Å²) >= 11 is 0. The Bertz CT molecular complexity index is 424. The average Bonchev–Trinajstić information content (AvgIpc) is 2.23. The van der Waals surface area contributed by atoms with Crippen LogP contribution < -0.4 is 0 Å². The molecule has 0 spiro atoms. The maximum Gasteiger partial charge on any atom is 0.317 e. The van der Waals surface area contributed by atoms with Crippen LogP contribution in [0.3, 0.4) is 0 Å². The number of esters is 1. The van der Waals surface area contributed by atoms with Gasteiger partial charge >= 0.3 is 5.97 Å². The molecule has 0 aliphatic carbocycles. The summed E-state index contributed by atoms with van der Waals surface area (Å²) in [6.45, 7) is 1.93. The highest BCUT2D eigenvalue weighted by Gasteiger charge is 2.04. The van der Waals surface area contributed by atoms with Gasteiger partial charge in [-0.3, -0.25) is 4.79 Å². The number of ether oxygens (including phenoxy) is 1. The Morgan fingerprint density at radius 2 is 2.00 bits per heavy atom. The van der Waals surface area contributed by atoms with Crippen LogP contribution in [0.25, 0.3) is 0 Å². The SMILES string of the molecule is CCOC(=O)CC#Cc1c(F)cccc1F. The van der Waals surface area contributed by atoms with E-state index in [1.54, 1.807) is 6.92 Å². The zero-order valence-electron chi connectivity index (χ0n) is 8.72. The molecule has 0 N–H and O–H groups in total. The van der Waals surface area contributed by atoms with Crippen molar-refractivity contribution in [3.8, 4) is 11.8 Å². The first-order valence-corrected chi connectivity index (χ1v) is 4.73. The highest BCUT2D eigenvalue weighted by atomic mass is 19.1. The molecule has 4 heteroatoms. The van der Waals surface area contributed by atoms with Gasteiger partial charge in [-0.1, -0.05) is 17.9 Å².